The molecule has 5 rings (SSSR count). The van der Waals surface area contributed by atoms with E-state index in [0.29, 0.717) is 25.2 Å². The van der Waals surface area contributed by atoms with Crippen LogP contribution in [0, 0.1) is 0 Å². The predicted octanol–water partition coefficient (Wildman–Crippen LogP) is 4.07. The average molecular weight is 360 g/mol. The molecular weight excluding hydrogens is 340 g/mol. The van der Waals surface area contributed by atoms with Crippen molar-refractivity contribution in [2.45, 2.75) is 19.4 Å². The number of anilines is 4. The summed E-state index contributed by atoms with van der Waals surface area (Å²) in [5.41, 5.74) is 3.44. The van der Waals surface area contributed by atoms with E-state index >= 15 is 0 Å². The Balaban J connectivity index is 1.43. The SMILES string of the molecule is CC1Cc2ccccc2N1c1ccnc(Nc2ccc3c(c2)OCCO3)n1. The number of hydrogen-bond acceptors (Lipinski definition) is 6. The summed E-state index contributed by atoms with van der Waals surface area (Å²) in [5, 5.41) is 3.27. The number of nitrogens with one attached hydrogen (secondary N) is 1. The predicted molar refractivity (Wildman–Crippen MR) is 104 cm³/mol. The van der Waals surface area contributed by atoms with Gasteiger partial charge in [0.2, 0.25) is 5.95 Å². The van der Waals surface area contributed by atoms with Crippen LogP contribution in [0.4, 0.5) is 23.1 Å². The van der Waals surface area contributed by atoms with Gasteiger partial charge in [-0.3, -0.25) is 0 Å². The van der Waals surface area contributed by atoms with Gasteiger partial charge >= 0.3 is 0 Å². The molecule has 0 radical (unpaired) electrons. The van der Waals surface area contributed by atoms with Crippen LogP contribution in [-0.2, 0) is 6.42 Å². The van der Waals surface area contributed by atoms with Crippen molar-refractivity contribution in [3.63, 3.8) is 0 Å². The van der Waals surface area contributed by atoms with E-state index in [0.717, 1.165) is 29.4 Å². The molecule has 0 aliphatic carbocycles. The van der Waals surface area contributed by atoms with Crippen molar-refractivity contribution in [1.82, 2.24) is 9.97 Å². The molecule has 2 aliphatic rings. The van der Waals surface area contributed by atoms with E-state index in [-0.39, 0.29) is 0 Å². The van der Waals surface area contributed by atoms with Gasteiger partial charge in [0.05, 0.1) is 0 Å². The fourth-order valence-corrected chi connectivity index (χ4v) is 3.71. The quantitative estimate of drug-likeness (QED) is 0.760. The average Bonchev–Trinajstić information content (AvgIpc) is 3.04. The number of aromatic nitrogens is 2. The van der Waals surface area contributed by atoms with Crippen molar-refractivity contribution in [1.29, 1.82) is 0 Å². The van der Waals surface area contributed by atoms with Gasteiger partial charge in [-0.05, 0) is 43.2 Å². The molecule has 0 saturated heterocycles. The second-order valence-corrected chi connectivity index (χ2v) is 6.77. The first-order valence-corrected chi connectivity index (χ1v) is 9.15. The van der Waals surface area contributed by atoms with Crippen molar-refractivity contribution in [3.05, 3.63) is 60.3 Å². The smallest absolute Gasteiger partial charge is 0.229 e. The summed E-state index contributed by atoms with van der Waals surface area (Å²) >= 11 is 0. The lowest BCUT2D eigenvalue weighted by atomic mass is 10.1. The van der Waals surface area contributed by atoms with E-state index < -0.39 is 0 Å². The molecule has 1 atom stereocenters. The van der Waals surface area contributed by atoms with Crippen molar-refractivity contribution >= 4 is 23.1 Å². The molecule has 2 aliphatic heterocycles. The molecule has 0 bridgehead atoms. The Bertz CT molecular complexity index is 991. The molecule has 136 valence electrons. The highest BCUT2D eigenvalue weighted by Gasteiger charge is 2.27. The minimum atomic E-state index is 0.361. The maximum absolute atomic E-state index is 5.65. The zero-order valence-electron chi connectivity index (χ0n) is 15.1. The first-order chi connectivity index (χ1) is 13.3. The van der Waals surface area contributed by atoms with Gasteiger partial charge in [-0.1, -0.05) is 18.2 Å². The number of hydrogen-bond donors (Lipinski definition) is 1. The molecule has 3 aromatic rings. The van der Waals surface area contributed by atoms with Gasteiger partial charge in [0, 0.05) is 29.7 Å². The first-order valence-electron chi connectivity index (χ1n) is 9.15. The summed E-state index contributed by atoms with van der Waals surface area (Å²) in [6.45, 7) is 3.37. The van der Waals surface area contributed by atoms with Crippen molar-refractivity contribution in [2.75, 3.05) is 23.4 Å². The third-order valence-corrected chi connectivity index (χ3v) is 4.89. The monoisotopic (exact) mass is 360 g/mol. The highest BCUT2D eigenvalue weighted by Crippen LogP contribution is 2.37. The minimum Gasteiger partial charge on any atom is -0.486 e. The second kappa shape index (κ2) is 6.46. The molecule has 6 nitrogen and oxygen atoms in total. The van der Waals surface area contributed by atoms with Crippen LogP contribution in [0.5, 0.6) is 11.5 Å². The lowest BCUT2D eigenvalue weighted by Gasteiger charge is -2.24. The number of para-hydroxylation sites is 1. The number of rotatable bonds is 3. The Kier molecular flexibility index (Phi) is 3.81. The summed E-state index contributed by atoms with van der Waals surface area (Å²) in [5.74, 6) is 2.96. The summed E-state index contributed by atoms with van der Waals surface area (Å²) in [6.07, 6.45) is 2.81. The lowest BCUT2D eigenvalue weighted by molar-refractivity contribution is 0.171. The molecule has 1 unspecified atom stereocenters. The second-order valence-electron chi connectivity index (χ2n) is 6.77. The molecular formula is C21H20N4O2. The Morgan fingerprint density at radius 2 is 1.89 bits per heavy atom. The largest absolute Gasteiger partial charge is 0.486 e. The highest BCUT2D eigenvalue weighted by molar-refractivity contribution is 5.69. The number of ether oxygens (including phenoxy) is 2. The lowest BCUT2D eigenvalue weighted by Crippen LogP contribution is -2.25. The fourth-order valence-electron chi connectivity index (χ4n) is 3.71. The van der Waals surface area contributed by atoms with Gasteiger partial charge in [0.15, 0.2) is 11.5 Å². The van der Waals surface area contributed by atoms with Crippen LogP contribution in [0.15, 0.2) is 54.7 Å². The van der Waals surface area contributed by atoms with E-state index in [4.69, 9.17) is 14.5 Å². The highest BCUT2D eigenvalue weighted by atomic mass is 16.6. The van der Waals surface area contributed by atoms with E-state index in [1.807, 2.05) is 24.3 Å². The summed E-state index contributed by atoms with van der Waals surface area (Å²) in [7, 11) is 0. The molecule has 3 heterocycles. The van der Waals surface area contributed by atoms with Gasteiger partial charge in [0.25, 0.3) is 0 Å². The van der Waals surface area contributed by atoms with E-state index in [1.165, 1.54) is 11.3 Å². The summed E-state index contributed by atoms with van der Waals surface area (Å²) < 4.78 is 11.2. The Morgan fingerprint density at radius 3 is 2.81 bits per heavy atom. The van der Waals surface area contributed by atoms with Crippen molar-refractivity contribution in [2.24, 2.45) is 0 Å². The van der Waals surface area contributed by atoms with Gasteiger partial charge < -0.3 is 19.7 Å². The zero-order valence-corrected chi connectivity index (χ0v) is 15.1. The van der Waals surface area contributed by atoms with Crippen LogP contribution in [0.25, 0.3) is 0 Å². The molecule has 0 amide bonds. The molecule has 1 aromatic heterocycles. The maximum atomic E-state index is 5.65. The molecule has 0 fully saturated rings. The normalized spacial score (nSPS) is 17.5. The Labute approximate surface area is 157 Å². The zero-order chi connectivity index (χ0) is 18.2. The van der Waals surface area contributed by atoms with Crippen LogP contribution in [0.3, 0.4) is 0 Å². The van der Waals surface area contributed by atoms with E-state index in [2.05, 4.69) is 46.4 Å². The van der Waals surface area contributed by atoms with E-state index in [9.17, 15) is 0 Å². The maximum Gasteiger partial charge on any atom is 0.229 e. The van der Waals surface area contributed by atoms with Crippen LogP contribution in [0.2, 0.25) is 0 Å². The summed E-state index contributed by atoms with van der Waals surface area (Å²) in [6, 6.07) is 16.6. The molecule has 0 saturated carbocycles. The standard InChI is InChI=1S/C21H20N4O2/c1-14-12-15-4-2-3-5-17(15)25(14)20-8-9-22-21(24-20)23-16-6-7-18-19(13-16)27-11-10-26-18/h2-9,13-14H,10-12H2,1H3,(H,22,23,24). The van der Waals surface area contributed by atoms with Gasteiger partial charge in [0.1, 0.15) is 19.0 Å². The number of nitrogens with zero attached hydrogens (tertiary/aromatic N) is 3. The fraction of sp³-hybridized carbons (Fsp3) is 0.238. The number of fused-ring (bicyclic) bond motifs is 2. The topological polar surface area (TPSA) is 59.5 Å². The van der Waals surface area contributed by atoms with Gasteiger partial charge in [-0.2, -0.15) is 4.98 Å². The molecule has 2 aromatic carbocycles. The van der Waals surface area contributed by atoms with Gasteiger partial charge in [-0.25, -0.2) is 4.98 Å². The molecule has 1 N–H and O–H groups in total. The molecule has 6 heteroatoms. The van der Waals surface area contributed by atoms with Crippen molar-refractivity contribution in [3.8, 4) is 11.5 Å². The molecule has 27 heavy (non-hydrogen) atoms. The van der Waals surface area contributed by atoms with Crippen molar-refractivity contribution < 1.29 is 9.47 Å². The first kappa shape index (κ1) is 15.9. The third kappa shape index (κ3) is 2.93. The Hall–Kier alpha value is -3.28. The van der Waals surface area contributed by atoms with Crippen LogP contribution in [0.1, 0.15) is 12.5 Å². The van der Waals surface area contributed by atoms with E-state index in [1.54, 1.807) is 6.20 Å². The number of benzene rings is 2. The molecule has 0 spiro atoms. The van der Waals surface area contributed by atoms with Crippen LogP contribution >= 0.6 is 0 Å². The summed E-state index contributed by atoms with van der Waals surface area (Å²) in [4.78, 5) is 11.4. The van der Waals surface area contributed by atoms with Gasteiger partial charge in [-0.15, -0.1) is 0 Å². The minimum absolute atomic E-state index is 0.361. The third-order valence-electron chi connectivity index (χ3n) is 4.89. The van der Waals surface area contributed by atoms with Crippen LogP contribution < -0.4 is 19.7 Å². The Morgan fingerprint density at radius 1 is 1.04 bits per heavy atom. The van der Waals surface area contributed by atoms with Crippen LogP contribution in [-0.4, -0.2) is 29.2 Å².